The van der Waals surface area contributed by atoms with Crippen LogP contribution >= 0.6 is 0 Å². The Kier molecular flexibility index (Phi) is 10.9. The zero-order chi connectivity index (χ0) is 23.0. The van der Waals surface area contributed by atoms with Crippen LogP contribution in [0, 0.1) is 5.92 Å². The highest BCUT2D eigenvalue weighted by Gasteiger charge is 2.52. The molecule has 2 aliphatic heterocycles. The van der Waals surface area contributed by atoms with Gasteiger partial charge in [-0.1, -0.05) is 12.0 Å². The molecule has 12 heteroatoms. The molecular weight excluding hydrogens is 414 g/mol. The van der Waals surface area contributed by atoms with Crippen LogP contribution in [0.5, 0.6) is 0 Å². The van der Waals surface area contributed by atoms with E-state index in [4.69, 9.17) is 48.2 Å². The molecule has 0 spiro atoms. The van der Waals surface area contributed by atoms with Gasteiger partial charge in [-0.05, 0) is 5.53 Å². The lowest BCUT2D eigenvalue weighted by Crippen LogP contribution is -2.64. The van der Waals surface area contributed by atoms with Crippen molar-refractivity contribution >= 4 is 0 Å². The zero-order valence-electron chi connectivity index (χ0n) is 19.2. The Morgan fingerprint density at radius 3 is 1.84 bits per heavy atom. The van der Waals surface area contributed by atoms with E-state index in [0.29, 0.717) is 0 Å². The van der Waals surface area contributed by atoms with Crippen molar-refractivity contribution in [3.05, 3.63) is 10.4 Å². The first-order valence-electron chi connectivity index (χ1n) is 10.1. The van der Waals surface area contributed by atoms with E-state index in [1.165, 1.54) is 7.11 Å². The SMILES string of the molecule is COCC1O[C@H](OC)C(OC)[C@@H](OC)[C@@H]1O[C@H]1OC(CN=[N+]=[N-])[C@@H](C)[C@H](OC)C1OC. The summed E-state index contributed by atoms with van der Waals surface area (Å²) >= 11 is 0. The fraction of sp³-hybridized carbons (Fsp3) is 1.00. The van der Waals surface area contributed by atoms with E-state index in [1.807, 2.05) is 6.92 Å². The molecule has 12 nitrogen and oxygen atoms in total. The van der Waals surface area contributed by atoms with Crippen molar-refractivity contribution in [1.29, 1.82) is 0 Å². The monoisotopic (exact) mass is 449 g/mol. The molecule has 2 aliphatic rings. The molecule has 2 rings (SSSR count). The lowest BCUT2D eigenvalue weighted by Gasteiger charge is -2.49. The smallest absolute Gasteiger partial charge is 0.187 e. The van der Waals surface area contributed by atoms with Gasteiger partial charge in [0, 0.05) is 53.5 Å². The summed E-state index contributed by atoms with van der Waals surface area (Å²) in [4.78, 5) is 2.84. The minimum atomic E-state index is -0.841. The number of rotatable bonds is 11. The van der Waals surface area contributed by atoms with Crippen LogP contribution in [0.4, 0.5) is 0 Å². The third kappa shape index (κ3) is 5.85. The average Bonchev–Trinajstić information content (AvgIpc) is 2.78. The molecule has 0 amide bonds. The molecule has 0 bridgehead atoms. The number of azide groups is 1. The van der Waals surface area contributed by atoms with Crippen molar-refractivity contribution in [3.63, 3.8) is 0 Å². The molecule has 2 heterocycles. The Morgan fingerprint density at radius 2 is 1.32 bits per heavy atom. The molecule has 0 N–H and O–H groups in total. The average molecular weight is 450 g/mol. The van der Waals surface area contributed by atoms with Gasteiger partial charge in [0.15, 0.2) is 12.6 Å². The van der Waals surface area contributed by atoms with Gasteiger partial charge in [-0.2, -0.15) is 0 Å². The topological polar surface area (TPSA) is 132 Å². The number of hydrogen-bond acceptors (Lipinski definition) is 10. The Labute approximate surface area is 182 Å². The predicted molar refractivity (Wildman–Crippen MR) is 107 cm³/mol. The first-order valence-corrected chi connectivity index (χ1v) is 10.1. The summed E-state index contributed by atoms with van der Waals surface area (Å²) < 4.78 is 52.0. The summed E-state index contributed by atoms with van der Waals surface area (Å²) in [7, 11) is 9.38. The van der Waals surface area contributed by atoms with Gasteiger partial charge in [-0.3, -0.25) is 0 Å². The summed E-state index contributed by atoms with van der Waals surface area (Å²) in [6.45, 7) is 2.32. The fourth-order valence-corrected chi connectivity index (χ4v) is 4.27. The first-order chi connectivity index (χ1) is 15.0. The number of methoxy groups -OCH3 is 6. The molecule has 0 aromatic rings. The molecular formula is C19H35N3O9. The van der Waals surface area contributed by atoms with E-state index in [2.05, 4.69) is 10.0 Å². The maximum atomic E-state index is 8.74. The third-order valence-electron chi connectivity index (χ3n) is 5.86. The molecule has 180 valence electrons. The molecule has 0 aromatic heterocycles. The van der Waals surface area contributed by atoms with Crippen molar-refractivity contribution in [1.82, 2.24) is 0 Å². The molecule has 10 atom stereocenters. The summed E-state index contributed by atoms with van der Waals surface area (Å²) in [6.07, 6.45) is -5.05. The fourth-order valence-electron chi connectivity index (χ4n) is 4.27. The number of ether oxygens (including phenoxy) is 9. The quantitative estimate of drug-likeness (QED) is 0.258. The Balaban J connectivity index is 2.32. The van der Waals surface area contributed by atoms with Crippen LogP contribution in [0.3, 0.4) is 0 Å². The maximum Gasteiger partial charge on any atom is 0.187 e. The minimum Gasteiger partial charge on any atom is -0.382 e. The number of nitrogens with zero attached hydrogens (tertiary/aromatic N) is 3. The standard InChI is InChI=1S/C19H35N3O9/c1-10-11(8-21-22-20)29-19(16(26-5)13(10)24-3)31-14-12(9-23-2)30-18(28-7)17(27-6)15(14)25-4/h10-19H,8-9H2,1-7H3/t10-,11?,12?,13+,14-,15+,16?,17?,18+,19-/m1/s1. The highest BCUT2D eigenvalue weighted by molar-refractivity contribution is 4.95. The second-order valence-corrected chi connectivity index (χ2v) is 7.45. The summed E-state index contributed by atoms with van der Waals surface area (Å²) in [5, 5.41) is 3.67. The maximum absolute atomic E-state index is 8.74. The highest BCUT2D eigenvalue weighted by Crippen LogP contribution is 2.35. The van der Waals surface area contributed by atoms with Gasteiger partial charge in [0.2, 0.25) is 0 Å². The van der Waals surface area contributed by atoms with E-state index in [9.17, 15) is 0 Å². The van der Waals surface area contributed by atoms with Crippen molar-refractivity contribution in [2.45, 2.75) is 62.2 Å². The van der Waals surface area contributed by atoms with E-state index in [1.54, 1.807) is 35.5 Å². The summed E-state index contributed by atoms with van der Waals surface area (Å²) in [6, 6.07) is 0. The lowest BCUT2D eigenvalue weighted by atomic mass is 9.90. The van der Waals surface area contributed by atoms with Crippen molar-refractivity contribution in [2.24, 2.45) is 11.0 Å². The van der Waals surface area contributed by atoms with Gasteiger partial charge in [0.25, 0.3) is 0 Å². The van der Waals surface area contributed by atoms with E-state index in [0.717, 1.165) is 0 Å². The highest BCUT2D eigenvalue weighted by atomic mass is 16.8. The summed E-state index contributed by atoms with van der Waals surface area (Å²) in [5.74, 6) is -0.0968. The molecule has 2 saturated heterocycles. The Morgan fingerprint density at radius 1 is 0.742 bits per heavy atom. The number of hydrogen-bond donors (Lipinski definition) is 0. The van der Waals surface area contributed by atoms with Gasteiger partial charge in [0.1, 0.15) is 30.5 Å². The second kappa shape index (κ2) is 12.9. The van der Waals surface area contributed by atoms with Gasteiger partial charge < -0.3 is 42.6 Å². The third-order valence-corrected chi connectivity index (χ3v) is 5.86. The predicted octanol–water partition coefficient (Wildman–Crippen LogP) is 1.12. The largest absolute Gasteiger partial charge is 0.382 e. The first kappa shape index (κ1) is 26.2. The molecule has 0 aliphatic carbocycles. The Hall–Kier alpha value is -1.05. The van der Waals surface area contributed by atoms with Gasteiger partial charge in [-0.15, -0.1) is 0 Å². The van der Waals surface area contributed by atoms with Crippen molar-refractivity contribution < 1.29 is 42.6 Å². The van der Waals surface area contributed by atoms with Crippen LogP contribution in [0.1, 0.15) is 6.92 Å². The normalized spacial score (nSPS) is 41.0. The second-order valence-electron chi connectivity index (χ2n) is 7.45. The van der Waals surface area contributed by atoms with Crippen LogP contribution in [0.15, 0.2) is 5.11 Å². The molecule has 2 fully saturated rings. The van der Waals surface area contributed by atoms with Gasteiger partial charge in [0.05, 0.1) is 25.4 Å². The van der Waals surface area contributed by atoms with Crippen LogP contribution < -0.4 is 0 Å². The van der Waals surface area contributed by atoms with E-state index in [-0.39, 0.29) is 25.2 Å². The van der Waals surface area contributed by atoms with Gasteiger partial charge in [-0.25, -0.2) is 0 Å². The van der Waals surface area contributed by atoms with E-state index >= 15 is 0 Å². The van der Waals surface area contributed by atoms with E-state index < -0.39 is 49.2 Å². The van der Waals surface area contributed by atoms with Crippen LogP contribution in [0.25, 0.3) is 10.4 Å². The van der Waals surface area contributed by atoms with Crippen molar-refractivity contribution in [3.8, 4) is 0 Å². The molecule has 0 aromatic carbocycles. The summed E-state index contributed by atoms with van der Waals surface area (Å²) in [5.41, 5.74) is 8.74. The van der Waals surface area contributed by atoms with Crippen LogP contribution in [-0.2, 0) is 42.6 Å². The lowest BCUT2D eigenvalue weighted by molar-refractivity contribution is -0.358. The Bertz CT molecular complexity index is 580. The van der Waals surface area contributed by atoms with Crippen LogP contribution in [-0.4, -0.2) is 111 Å². The van der Waals surface area contributed by atoms with Crippen molar-refractivity contribution in [2.75, 3.05) is 55.8 Å². The minimum absolute atomic E-state index is 0.0968. The van der Waals surface area contributed by atoms with Crippen LogP contribution in [0.2, 0.25) is 0 Å². The molecule has 4 unspecified atom stereocenters. The molecule has 0 radical (unpaired) electrons. The molecule has 31 heavy (non-hydrogen) atoms. The van der Waals surface area contributed by atoms with Gasteiger partial charge >= 0.3 is 0 Å². The molecule has 0 saturated carbocycles. The zero-order valence-corrected chi connectivity index (χ0v) is 19.2.